The van der Waals surface area contributed by atoms with E-state index >= 15 is 0 Å². The van der Waals surface area contributed by atoms with Gasteiger partial charge in [0.25, 0.3) is 5.91 Å². The summed E-state index contributed by atoms with van der Waals surface area (Å²) in [6.07, 6.45) is 4.38. The second-order valence-corrected chi connectivity index (χ2v) is 7.38. The van der Waals surface area contributed by atoms with E-state index in [0.29, 0.717) is 38.6 Å². The maximum Gasteiger partial charge on any atom is 0.272 e. The largest absolute Gasteiger partial charge is 0.376 e. The molecule has 1 unspecified atom stereocenters. The van der Waals surface area contributed by atoms with E-state index in [-0.39, 0.29) is 11.5 Å². The summed E-state index contributed by atoms with van der Waals surface area (Å²) in [5, 5.41) is 0.916. The van der Waals surface area contributed by atoms with Gasteiger partial charge in [-0.05, 0) is 24.1 Å². The van der Waals surface area contributed by atoms with Crippen LogP contribution in [0.2, 0.25) is 0 Å². The highest BCUT2D eigenvalue weighted by atomic mass is 16.6. The van der Waals surface area contributed by atoms with Crippen LogP contribution in [0, 0.1) is 0 Å². The van der Waals surface area contributed by atoms with Crippen LogP contribution in [0.5, 0.6) is 0 Å². The van der Waals surface area contributed by atoms with Crippen LogP contribution in [0.25, 0.3) is 22.0 Å². The number of amides is 1. The van der Waals surface area contributed by atoms with Gasteiger partial charge in [0.05, 0.1) is 31.9 Å². The summed E-state index contributed by atoms with van der Waals surface area (Å²) in [6.45, 7) is 2.96. The van der Waals surface area contributed by atoms with E-state index in [9.17, 15) is 4.79 Å². The van der Waals surface area contributed by atoms with E-state index in [1.807, 2.05) is 41.3 Å². The van der Waals surface area contributed by atoms with Crippen molar-refractivity contribution < 1.29 is 14.3 Å². The first kappa shape index (κ1) is 17.3. The molecule has 2 saturated heterocycles. The van der Waals surface area contributed by atoms with Crippen molar-refractivity contribution in [1.82, 2.24) is 14.9 Å². The Morgan fingerprint density at radius 1 is 1.07 bits per heavy atom. The van der Waals surface area contributed by atoms with Crippen molar-refractivity contribution in [2.75, 3.05) is 32.9 Å². The molecule has 1 atom stereocenters. The molecule has 3 aromatic rings. The first-order valence-electron chi connectivity index (χ1n) is 9.55. The number of carbonyl (C=O) groups excluding carboxylic acids is 1. The van der Waals surface area contributed by atoms with Gasteiger partial charge in [0, 0.05) is 29.9 Å². The number of hydrogen-bond donors (Lipinski definition) is 0. The van der Waals surface area contributed by atoms with Crippen LogP contribution in [0.4, 0.5) is 0 Å². The number of benzene rings is 1. The molecular formula is C22H21N3O3. The summed E-state index contributed by atoms with van der Waals surface area (Å²) >= 11 is 0. The van der Waals surface area contributed by atoms with Crippen LogP contribution >= 0.6 is 0 Å². The van der Waals surface area contributed by atoms with Gasteiger partial charge in [0.15, 0.2) is 0 Å². The summed E-state index contributed by atoms with van der Waals surface area (Å²) in [6, 6.07) is 13.7. The van der Waals surface area contributed by atoms with E-state index in [1.165, 1.54) is 0 Å². The van der Waals surface area contributed by atoms with Crippen molar-refractivity contribution in [3.63, 3.8) is 0 Å². The number of hydrogen-bond acceptors (Lipinski definition) is 5. The Labute approximate surface area is 163 Å². The lowest BCUT2D eigenvalue weighted by molar-refractivity contribution is -0.148. The third-order valence-electron chi connectivity index (χ3n) is 5.51. The zero-order valence-corrected chi connectivity index (χ0v) is 15.5. The van der Waals surface area contributed by atoms with Crippen LogP contribution in [-0.4, -0.2) is 59.3 Å². The quantitative estimate of drug-likeness (QED) is 0.689. The third-order valence-corrected chi connectivity index (χ3v) is 5.51. The normalized spacial score (nSPS) is 22.1. The number of likely N-dealkylation sites (tertiary alicyclic amines) is 1. The SMILES string of the molecule is O=C(c1ccc2cncc(-c3ccccc3)c2n1)N1CCC2(COCCO2)C1. The number of fused-ring (bicyclic) bond motifs is 1. The highest BCUT2D eigenvalue weighted by molar-refractivity contribution is 5.98. The Balaban J connectivity index is 1.47. The molecule has 1 amide bonds. The molecule has 0 N–H and O–H groups in total. The molecule has 0 bridgehead atoms. The van der Waals surface area contributed by atoms with Crippen molar-refractivity contribution in [2.45, 2.75) is 12.0 Å². The van der Waals surface area contributed by atoms with Crippen LogP contribution in [0.15, 0.2) is 54.9 Å². The molecule has 142 valence electrons. The van der Waals surface area contributed by atoms with Crippen LogP contribution < -0.4 is 0 Å². The molecule has 6 nitrogen and oxygen atoms in total. The van der Waals surface area contributed by atoms with Gasteiger partial charge in [-0.3, -0.25) is 9.78 Å². The average Bonchev–Trinajstić information content (AvgIpc) is 3.16. The minimum absolute atomic E-state index is 0.0660. The fourth-order valence-electron chi connectivity index (χ4n) is 4.02. The van der Waals surface area contributed by atoms with Crippen molar-refractivity contribution in [1.29, 1.82) is 0 Å². The third kappa shape index (κ3) is 3.04. The summed E-state index contributed by atoms with van der Waals surface area (Å²) < 4.78 is 11.5. The Hall–Kier alpha value is -2.83. The lowest BCUT2D eigenvalue weighted by Crippen LogP contribution is -2.46. The van der Waals surface area contributed by atoms with E-state index in [4.69, 9.17) is 14.5 Å². The standard InChI is InChI=1S/C22H21N3O3/c26-21(25-9-8-22(14-25)15-27-10-11-28-22)19-7-6-17-12-23-13-18(20(17)24-19)16-4-2-1-3-5-16/h1-7,12-13H,8-11,14-15H2. The van der Waals surface area contributed by atoms with Crippen LogP contribution in [0.3, 0.4) is 0 Å². The van der Waals surface area contributed by atoms with Crippen LogP contribution in [-0.2, 0) is 9.47 Å². The number of aromatic nitrogens is 2. The van der Waals surface area contributed by atoms with E-state index in [0.717, 1.165) is 28.5 Å². The molecule has 0 saturated carbocycles. The van der Waals surface area contributed by atoms with Gasteiger partial charge in [-0.15, -0.1) is 0 Å². The van der Waals surface area contributed by atoms with Crippen molar-refractivity contribution >= 4 is 16.8 Å². The molecule has 28 heavy (non-hydrogen) atoms. The number of nitrogens with zero attached hydrogens (tertiary/aromatic N) is 3. The topological polar surface area (TPSA) is 64.6 Å². The summed E-state index contributed by atoms with van der Waals surface area (Å²) in [5.41, 5.74) is 2.84. The first-order chi connectivity index (χ1) is 13.7. The molecule has 2 aromatic heterocycles. The molecular weight excluding hydrogens is 354 g/mol. The Morgan fingerprint density at radius 2 is 1.96 bits per heavy atom. The smallest absolute Gasteiger partial charge is 0.272 e. The lowest BCUT2D eigenvalue weighted by atomic mass is 10.0. The van der Waals surface area contributed by atoms with Gasteiger partial charge >= 0.3 is 0 Å². The van der Waals surface area contributed by atoms with Crippen molar-refractivity contribution in [2.24, 2.45) is 0 Å². The van der Waals surface area contributed by atoms with Crippen LogP contribution in [0.1, 0.15) is 16.9 Å². The highest BCUT2D eigenvalue weighted by Gasteiger charge is 2.43. The molecule has 2 aliphatic rings. The molecule has 5 rings (SSSR count). The number of carbonyl (C=O) groups is 1. The number of ether oxygens (including phenoxy) is 2. The molecule has 0 radical (unpaired) electrons. The van der Waals surface area contributed by atoms with E-state index in [1.54, 1.807) is 18.5 Å². The zero-order valence-electron chi connectivity index (χ0n) is 15.5. The predicted molar refractivity (Wildman–Crippen MR) is 105 cm³/mol. The molecule has 2 fully saturated rings. The molecule has 6 heteroatoms. The molecule has 0 aliphatic carbocycles. The fourth-order valence-corrected chi connectivity index (χ4v) is 4.02. The monoisotopic (exact) mass is 375 g/mol. The predicted octanol–water partition coefficient (Wildman–Crippen LogP) is 2.93. The Bertz CT molecular complexity index is 1020. The maximum atomic E-state index is 13.1. The lowest BCUT2D eigenvalue weighted by Gasteiger charge is -2.33. The van der Waals surface area contributed by atoms with Gasteiger partial charge in [0.1, 0.15) is 11.3 Å². The highest BCUT2D eigenvalue weighted by Crippen LogP contribution is 2.30. The zero-order chi connectivity index (χ0) is 19.0. The molecule has 4 heterocycles. The average molecular weight is 375 g/mol. The van der Waals surface area contributed by atoms with E-state index in [2.05, 4.69) is 4.98 Å². The number of rotatable bonds is 2. The summed E-state index contributed by atoms with van der Waals surface area (Å²) in [7, 11) is 0. The second kappa shape index (κ2) is 6.96. The van der Waals surface area contributed by atoms with E-state index < -0.39 is 0 Å². The first-order valence-corrected chi connectivity index (χ1v) is 9.55. The van der Waals surface area contributed by atoms with Gasteiger partial charge < -0.3 is 14.4 Å². The second-order valence-electron chi connectivity index (χ2n) is 7.38. The minimum Gasteiger partial charge on any atom is -0.376 e. The van der Waals surface area contributed by atoms with Crippen molar-refractivity contribution in [3.8, 4) is 11.1 Å². The van der Waals surface area contributed by atoms with Gasteiger partial charge in [-0.25, -0.2) is 4.98 Å². The summed E-state index contributed by atoms with van der Waals surface area (Å²) in [4.78, 5) is 24.0. The van der Waals surface area contributed by atoms with Gasteiger partial charge in [-0.2, -0.15) is 0 Å². The fraction of sp³-hybridized carbons (Fsp3) is 0.318. The maximum absolute atomic E-state index is 13.1. The van der Waals surface area contributed by atoms with Gasteiger partial charge in [-0.1, -0.05) is 30.3 Å². The number of pyridine rings is 2. The Morgan fingerprint density at radius 3 is 2.79 bits per heavy atom. The molecule has 1 spiro atoms. The summed E-state index contributed by atoms with van der Waals surface area (Å²) in [5.74, 6) is -0.0660. The molecule has 2 aliphatic heterocycles. The Kier molecular flexibility index (Phi) is 4.30. The van der Waals surface area contributed by atoms with Gasteiger partial charge in [0.2, 0.25) is 0 Å². The molecule has 1 aromatic carbocycles. The minimum atomic E-state index is -0.357. The van der Waals surface area contributed by atoms with Crippen molar-refractivity contribution in [3.05, 3.63) is 60.6 Å².